The fourth-order valence-corrected chi connectivity index (χ4v) is 5.66. The zero-order valence-corrected chi connectivity index (χ0v) is 20.1. The number of amides is 1. The van der Waals surface area contributed by atoms with Crippen molar-refractivity contribution in [3.8, 4) is 11.8 Å². The Balaban J connectivity index is 1.87. The van der Waals surface area contributed by atoms with E-state index in [1.807, 2.05) is 6.07 Å². The molecule has 8 nitrogen and oxygen atoms in total. The maximum Gasteiger partial charge on any atom is 0.268 e. The van der Waals surface area contributed by atoms with E-state index in [1.54, 1.807) is 56.5 Å². The van der Waals surface area contributed by atoms with E-state index < -0.39 is 21.6 Å². The average molecular weight is 488 g/mol. The van der Waals surface area contributed by atoms with Crippen molar-refractivity contribution in [2.45, 2.75) is 32.9 Å². The number of aromatic nitrogens is 3. The topological polar surface area (TPSA) is 118 Å². The van der Waals surface area contributed by atoms with Gasteiger partial charge in [-0.1, -0.05) is 26.0 Å². The van der Waals surface area contributed by atoms with Gasteiger partial charge in [-0.2, -0.15) is 14.6 Å². The zero-order valence-electron chi connectivity index (χ0n) is 18.5. The number of nitriles is 1. The van der Waals surface area contributed by atoms with Crippen LogP contribution in [0.1, 0.15) is 30.8 Å². The number of nitrogens with zero attached hydrogens (tertiary/aromatic N) is 4. The van der Waals surface area contributed by atoms with E-state index in [9.17, 15) is 22.9 Å². The fraction of sp³-hybridized carbons (Fsp3) is 0.273. The number of hydrogen-bond donors (Lipinski definition) is 1. The van der Waals surface area contributed by atoms with Gasteiger partial charge in [0.25, 0.3) is 11.1 Å². The van der Waals surface area contributed by atoms with Crippen LogP contribution in [0.15, 0.2) is 41.1 Å². The zero-order chi connectivity index (χ0) is 24.3. The summed E-state index contributed by atoms with van der Waals surface area (Å²) in [4.78, 5) is 16.5. The van der Waals surface area contributed by atoms with Crippen molar-refractivity contribution in [1.29, 1.82) is 5.26 Å². The van der Waals surface area contributed by atoms with Crippen LogP contribution in [0, 0.1) is 36.9 Å². The third-order valence-electron chi connectivity index (χ3n) is 4.69. The van der Waals surface area contributed by atoms with Gasteiger partial charge in [0.15, 0.2) is 0 Å². The highest BCUT2D eigenvalue weighted by Crippen LogP contribution is 2.25. The summed E-state index contributed by atoms with van der Waals surface area (Å²) >= 11 is 0.720. The van der Waals surface area contributed by atoms with E-state index in [1.165, 1.54) is 12.1 Å². The number of sulfone groups is 1. The van der Waals surface area contributed by atoms with Crippen LogP contribution >= 0.6 is 11.5 Å². The third kappa shape index (κ3) is 5.35. The molecule has 1 N–H and O–H groups in total. The standard InChI is InChI=1S/C22H22FN5O3S2/c1-13(2)12-33(30,31)22-26-21(32-27-22)25-20(29)17(11-24)10-16-9-14(3)28(15(16)4)19-8-6-5-7-18(19)23/h5-10,13H,12H2,1-4H3,(H,25,26,27,29). The van der Waals surface area contributed by atoms with Crippen LogP contribution < -0.4 is 5.32 Å². The van der Waals surface area contributed by atoms with Gasteiger partial charge >= 0.3 is 0 Å². The number of carbonyl (C=O) groups is 1. The normalized spacial score (nSPS) is 12.1. The Bertz CT molecular complexity index is 1380. The molecule has 2 aromatic heterocycles. The molecule has 0 atom stereocenters. The molecule has 0 radical (unpaired) electrons. The van der Waals surface area contributed by atoms with Gasteiger partial charge < -0.3 is 4.57 Å². The lowest BCUT2D eigenvalue weighted by Gasteiger charge is -2.10. The molecular weight excluding hydrogens is 465 g/mol. The summed E-state index contributed by atoms with van der Waals surface area (Å²) in [6.07, 6.45) is 1.40. The summed E-state index contributed by atoms with van der Waals surface area (Å²) in [7, 11) is -3.66. The molecule has 0 bridgehead atoms. The lowest BCUT2D eigenvalue weighted by Crippen LogP contribution is -2.15. The van der Waals surface area contributed by atoms with Crippen molar-refractivity contribution in [2.75, 3.05) is 11.1 Å². The lowest BCUT2D eigenvalue weighted by atomic mass is 10.1. The molecule has 172 valence electrons. The number of carbonyl (C=O) groups excluding carboxylic acids is 1. The smallest absolute Gasteiger partial charge is 0.268 e. The summed E-state index contributed by atoms with van der Waals surface area (Å²) in [5, 5.41) is 11.6. The average Bonchev–Trinajstić information content (AvgIpc) is 3.31. The van der Waals surface area contributed by atoms with Crippen LogP contribution in [-0.4, -0.2) is 34.0 Å². The predicted octanol–water partition coefficient (Wildman–Crippen LogP) is 4.06. The molecule has 0 spiro atoms. The van der Waals surface area contributed by atoms with E-state index >= 15 is 0 Å². The minimum atomic E-state index is -3.66. The molecular formula is C22H22FN5O3S2. The first kappa shape index (κ1) is 24.3. The highest BCUT2D eigenvalue weighted by Gasteiger charge is 2.23. The van der Waals surface area contributed by atoms with Crippen molar-refractivity contribution >= 4 is 38.5 Å². The number of anilines is 1. The Labute approximate surface area is 195 Å². The van der Waals surface area contributed by atoms with Crippen molar-refractivity contribution in [3.05, 3.63) is 58.7 Å². The van der Waals surface area contributed by atoms with E-state index in [4.69, 9.17) is 0 Å². The minimum absolute atomic E-state index is 0.0275. The highest BCUT2D eigenvalue weighted by molar-refractivity contribution is 7.91. The number of nitrogens with one attached hydrogen (secondary N) is 1. The van der Waals surface area contributed by atoms with E-state index in [0.717, 1.165) is 17.2 Å². The quantitative estimate of drug-likeness (QED) is 0.397. The molecule has 0 fully saturated rings. The first-order chi connectivity index (χ1) is 15.5. The van der Waals surface area contributed by atoms with Crippen LogP contribution in [0.5, 0.6) is 0 Å². The molecule has 1 amide bonds. The minimum Gasteiger partial charge on any atom is -0.315 e. The molecule has 0 saturated carbocycles. The second kappa shape index (κ2) is 9.64. The first-order valence-electron chi connectivity index (χ1n) is 9.97. The molecule has 0 aliphatic rings. The first-order valence-corrected chi connectivity index (χ1v) is 12.4. The molecule has 33 heavy (non-hydrogen) atoms. The van der Waals surface area contributed by atoms with Gasteiger partial charge in [-0.15, -0.1) is 0 Å². The number of benzene rings is 1. The van der Waals surface area contributed by atoms with Gasteiger partial charge in [0.2, 0.25) is 15.0 Å². The Kier molecular flexibility index (Phi) is 7.09. The van der Waals surface area contributed by atoms with E-state index in [-0.39, 0.29) is 27.5 Å². The third-order valence-corrected chi connectivity index (χ3v) is 7.28. The number of halogens is 1. The molecule has 0 aliphatic carbocycles. The maximum atomic E-state index is 14.3. The summed E-state index contributed by atoms with van der Waals surface area (Å²) in [6.45, 7) is 7.08. The van der Waals surface area contributed by atoms with Crippen LogP contribution in [-0.2, 0) is 14.6 Å². The summed E-state index contributed by atoms with van der Waals surface area (Å²) < 4.78 is 44.3. The largest absolute Gasteiger partial charge is 0.315 e. The molecule has 0 unspecified atom stereocenters. The van der Waals surface area contributed by atoms with Crippen LogP contribution in [0.3, 0.4) is 0 Å². The molecule has 3 aromatic rings. The van der Waals surface area contributed by atoms with Crippen LogP contribution in [0.2, 0.25) is 0 Å². The molecule has 1 aromatic carbocycles. The molecule has 2 heterocycles. The van der Waals surface area contributed by atoms with Gasteiger partial charge in [0.1, 0.15) is 17.5 Å². The van der Waals surface area contributed by atoms with Crippen molar-refractivity contribution in [2.24, 2.45) is 5.92 Å². The summed E-state index contributed by atoms with van der Waals surface area (Å²) in [5.74, 6) is -1.37. The fourth-order valence-electron chi connectivity index (χ4n) is 3.31. The highest BCUT2D eigenvalue weighted by atomic mass is 32.2. The SMILES string of the molecule is Cc1cc(C=C(C#N)C(=O)Nc2nc(S(=O)(=O)CC(C)C)ns2)c(C)n1-c1ccccc1F. The van der Waals surface area contributed by atoms with Gasteiger partial charge in [-0.25, -0.2) is 12.8 Å². The second-order valence-electron chi connectivity index (χ2n) is 7.79. The van der Waals surface area contributed by atoms with Crippen LogP contribution in [0.4, 0.5) is 9.52 Å². The maximum absolute atomic E-state index is 14.3. The monoisotopic (exact) mass is 487 g/mol. The van der Waals surface area contributed by atoms with Gasteiger partial charge in [-0.3, -0.25) is 10.1 Å². The number of para-hydroxylation sites is 1. The second-order valence-corrected chi connectivity index (χ2v) is 10.5. The van der Waals surface area contributed by atoms with Gasteiger partial charge in [0.05, 0.1) is 11.4 Å². The molecule has 3 rings (SSSR count). The Morgan fingerprint density at radius 1 is 1.33 bits per heavy atom. The molecule has 0 saturated heterocycles. The van der Waals surface area contributed by atoms with Crippen molar-refractivity contribution < 1.29 is 17.6 Å². The molecule has 11 heteroatoms. The summed E-state index contributed by atoms with van der Waals surface area (Å²) in [6, 6.07) is 9.90. The predicted molar refractivity (Wildman–Crippen MR) is 124 cm³/mol. The lowest BCUT2D eigenvalue weighted by molar-refractivity contribution is -0.112. The number of rotatable bonds is 7. The Morgan fingerprint density at radius 3 is 2.67 bits per heavy atom. The number of aryl methyl sites for hydroxylation is 1. The number of hydrogen-bond acceptors (Lipinski definition) is 7. The van der Waals surface area contributed by atoms with E-state index in [2.05, 4.69) is 14.7 Å². The van der Waals surface area contributed by atoms with Crippen LogP contribution in [0.25, 0.3) is 11.8 Å². The van der Waals surface area contributed by atoms with Gasteiger partial charge in [-0.05, 0) is 49.6 Å². The Hall–Kier alpha value is -3.36. The van der Waals surface area contributed by atoms with Crippen molar-refractivity contribution in [1.82, 2.24) is 13.9 Å². The van der Waals surface area contributed by atoms with Gasteiger partial charge in [0, 0.05) is 22.9 Å². The summed E-state index contributed by atoms with van der Waals surface area (Å²) in [5.41, 5.74) is 2.09. The van der Waals surface area contributed by atoms with Crippen molar-refractivity contribution in [3.63, 3.8) is 0 Å². The molecule has 0 aliphatic heterocycles. The van der Waals surface area contributed by atoms with E-state index in [0.29, 0.717) is 16.9 Å². The Morgan fingerprint density at radius 2 is 2.03 bits per heavy atom.